The molecule has 0 aliphatic carbocycles. The Balaban J connectivity index is 1.80. The van der Waals surface area contributed by atoms with Gasteiger partial charge in [-0.25, -0.2) is 8.78 Å². The minimum absolute atomic E-state index is 0.229. The van der Waals surface area contributed by atoms with E-state index in [9.17, 15) is 13.6 Å². The third-order valence-electron chi connectivity index (χ3n) is 2.55. The summed E-state index contributed by atoms with van der Waals surface area (Å²) < 4.78 is 26.6. The van der Waals surface area contributed by atoms with Crippen molar-refractivity contribution in [3.8, 4) is 9.88 Å². The number of carbonyl (C=O) groups is 1. The lowest BCUT2D eigenvalue weighted by Crippen LogP contribution is -2.13. The van der Waals surface area contributed by atoms with Crippen LogP contribution < -0.4 is 5.32 Å². The quantitative estimate of drug-likeness (QED) is 0.798. The van der Waals surface area contributed by atoms with Crippen LogP contribution in [0.15, 0.2) is 35.7 Å². The zero-order valence-corrected chi connectivity index (χ0v) is 12.0. The number of hydrogen-bond donors (Lipinski definition) is 1. The largest absolute Gasteiger partial charge is 0.296 e. The molecule has 21 heavy (non-hydrogen) atoms. The van der Waals surface area contributed by atoms with E-state index >= 15 is 0 Å². The first-order valence-corrected chi connectivity index (χ1v) is 7.47. The van der Waals surface area contributed by atoms with Crippen LogP contribution in [0.4, 0.5) is 13.9 Å². The summed E-state index contributed by atoms with van der Waals surface area (Å²) in [6, 6.07) is 6.45. The van der Waals surface area contributed by atoms with Crippen molar-refractivity contribution in [1.82, 2.24) is 10.2 Å². The molecule has 1 aromatic carbocycles. The van der Waals surface area contributed by atoms with Crippen LogP contribution in [0.5, 0.6) is 0 Å². The van der Waals surface area contributed by atoms with E-state index in [-0.39, 0.29) is 10.7 Å². The van der Waals surface area contributed by atoms with Crippen molar-refractivity contribution in [2.45, 2.75) is 0 Å². The van der Waals surface area contributed by atoms with Gasteiger partial charge in [-0.2, -0.15) is 0 Å². The predicted molar refractivity (Wildman–Crippen MR) is 77.5 cm³/mol. The first-order valence-electron chi connectivity index (χ1n) is 5.77. The normalized spacial score (nSPS) is 10.6. The first-order chi connectivity index (χ1) is 10.1. The maximum absolute atomic E-state index is 13.5. The molecule has 0 unspecified atom stereocenters. The van der Waals surface area contributed by atoms with E-state index in [1.54, 1.807) is 0 Å². The van der Waals surface area contributed by atoms with Gasteiger partial charge in [0, 0.05) is 0 Å². The summed E-state index contributed by atoms with van der Waals surface area (Å²) in [5.74, 6) is -2.24. The van der Waals surface area contributed by atoms with Gasteiger partial charge < -0.3 is 0 Å². The first kappa shape index (κ1) is 13.8. The second kappa shape index (κ2) is 5.66. The Labute approximate surface area is 126 Å². The fraction of sp³-hybridized carbons (Fsp3) is 0. The van der Waals surface area contributed by atoms with E-state index in [4.69, 9.17) is 0 Å². The molecule has 3 rings (SSSR count). The van der Waals surface area contributed by atoms with Crippen LogP contribution in [-0.4, -0.2) is 16.1 Å². The smallest absolute Gasteiger partial charge is 0.260 e. The van der Waals surface area contributed by atoms with Crippen molar-refractivity contribution in [2.75, 3.05) is 5.32 Å². The molecule has 106 valence electrons. The van der Waals surface area contributed by atoms with Gasteiger partial charge in [-0.15, -0.1) is 21.5 Å². The predicted octanol–water partition coefficient (Wildman–Crippen LogP) is 3.80. The zero-order valence-electron chi connectivity index (χ0n) is 10.3. The van der Waals surface area contributed by atoms with Crippen LogP contribution in [0.25, 0.3) is 9.88 Å². The highest BCUT2D eigenvalue weighted by Crippen LogP contribution is 2.29. The van der Waals surface area contributed by atoms with Crippen molar-refractivity contribution < 1.29 is 13.6 Å². The van der Waals surface area contributed by atoms with Crippen LogP contribution in [0.2, 0.25) is 0 Å². The molecule has 0 spiro atoms. The summed E-state index contributed by atoms with van der Waals surface area (Å²) in [6.07, 6.45) is 0. The summed E-state index contributed by atoms with van der Waals surface area (Å²) in [5.41, 5.74) is -0.372. The fourth-order valence-corrected chi connectivity index (χ4v) is 3.14. The monoisotopic (exact) mass is 323 g/mol. The molecular formula is C13H7F2N3OS2. The molecule has 0 aliphatic heterocycles. The Kier molecular flexibility index (Phi) is 3.72. The summed E-state index contributed by atoms with van der Waals surface area (Å²) >= 11 is 2.66. The van der Waals surface area contributed by atoms with Gasteiger partial charge in [0.25, 0.3) is 5.91 Å². The maximum Gasteiger partial charge on any atom is 0.260 e. The van der Waals surface area contributed by atoms with Gasteiger partial charge in [0.1, 0.15) is 11.6 Å². The molecule has 4 nitrogen and oxygen atoms in total. The molecule has 3 aromatic rings. The zero-order chi connectivity index (χ0) is 14.8. The molecule has 0 radical (unpaired) electrons. The van der Waals surface area contributed by atoms with Gasteiger partial charge in [0.05, 0.1) is 10.4 Å². The Morgan fingerprint density at radius 1 is 1.19 bits per heavy atom. The van der Waals surface area contributed by atoms with Crippen LogP contribution in [0.3, 0.4) is 0 Å². The van der Waals surface area contributed by atoms with Crippen molar-refractivity contribution in [3.63, 3.8) is 0 Å². The Hall–Kier alpha value is -2.19. The Bertz CT molecular complexity index is 787. The molecular weight excluding hydrogens is 316 g/mol. The highest BCUT2D eigenvalue weighted by molar-refractivity contribution is 7.23. The summed E-state index contributed by atoms with van der Waals surface area (Å²) in [7, 11) is 0. The lowest BCUT2D eigenvalue weighted by Gasteiger charge is -2.02. The average molecular weight is 323 g/mol. The topological polar surface area (TPSA) is 54.9 Å². The lowest BCUT2D eigenvalue weighted by molar-refractivity contribution is 0.102. The van der Waals surface area contributed by atoms with Crippen molar-refractivity contribution in [2.24, 2.45) is 0 Å². The molecule has 1 amide bonds. The number of hydrogen-bond acceptors (Lipinski definition) is 5. The maximum atomic E-state index is 13.5. The molecule has 2 heterocycles. The summed E-state index contributed by atoms with van der Waals surface area (Å²) in [4.78, 5) is 12.8. The Morgan fingerprint density at radius 2 is 2.05 bits per heavy atom. The Morgan fingerprint density at radius 3 is 2.81 bits per heavy atom. The molecule has 0 saturated heterocycles. The van der Waals surface area contributed by atoms with Crippen LogP contribution in [0, 0.1) is 11.6 Å². The highest BCUT2D eigenvalue weighted by atomic mass is 32.1. The number of amides is 1. The molecule has 0 bridgehead atoms. The summed E-state index contributed by atoms with van der Waals surface area (Å²) in [5, 5.41) is 13.0. The van der Waals surface area contributed by atoms with Crippen LogP contribution >= 0.6 is 22.7 Å². The number of anilines is 1. The van der Waals surface area contributed by atoms with Gasteiger partial charge in [-0.1, -0.05) is 17.4 Å². The van der Waals surface area contributed by atoms with Gasteiger partial charge in [-0.3, -0.25) is 10.1 Å². The number of benzene rings is 1. The fourth-order valence-electron chi connectivity index (χ4n) is 1.61. The number of nitrogens with one attached hydrogen (secondary N) is 1. The number of carbonyl (C=O) groups excluding carboxylic acids is 1. The number of nitrogens with zero attached hydrogens (tertiary/aromatic N) is 2. The van der Waals surface area contributed by atoms with Gasteiger partial charge >= 0.3 is 0 Å². The molecule has 1 N–H and O–H groups in total. The molecule has 0 saturated carbocycles. The average Bonchev–Trinajstić information content (AvgIpc) is 3.11. The number of aromatic nitrogens is 2. The SMILES string of the molecule is O=C(Nc1nnc(-c2cccs2)s1)c1cc(F)ccc1F. The van der Waals surface area contributed by atoms with Gasteiger partial charge in [-0.05, 0) is 29.6 Å². The number of halogens is 2. The molecule has 0 fully saturated rings. The van der Waals surface area contributed by atoms with Crippen molar-refractivity contribution >= 4 is 33.7 Å². The second-order valence-corrected chi connectivity index (χ2v) is 5.89. The van der Waals surface area contributed by atoms with E-state index in [0.717, 1.165) is 34.4 Å². The number of thiophene rings is 1. The van der Waals surface area contributed by atoms with E-state index < -0.39 is 17.5 Å². The van der Waals surface area contributed by atoms with E-state index in [0.29, 0.717) is 5.01 Å². The highest BCUT2D eigenvalue weighted by Gasteiger charge is 2.15. The minimum Gasteiger partial charge on any atom is -0.296 e. The van der Waals surface area contributed by atoms with Crippen molar-refractivity contribution in [1.29, 1.82) is 0 Å². The standard InChI is InChI=1S/C13H7F2N3OS2/c14-7-3-4-9(15)8(6-7)11(19)16-13-18-17-12(21-13)10-2-1-5-20-10/h1-6H,(H,16,18,19). The third-order valence-corrected chi connectivity index (χ3v) is 4.43. The number of rotatable bonds is 3. The molecule has 2 aromatic heterocycles. The van der Waals surface area contributed by atoms with E-state index in [2.05, 4.69) is 15.5 Å². The minimum atomic E-state index is -0.795. The van der Waals surface area contributed by atoms with E-state index in [1.165, 1.54) is 11.3 Å². The van der Waals surface area contributed by atoms with Crippen LogP contribution in [-0.2, 0) is 0 Å². The van der Waals surface area contributed by atoms with Gasteiger partial charge in [0.15, 0.2) is 5.01 Å². The molecule has 8 heteroatoms. The molecule has 0 atom stereocenters. The lowest BCUT2D eigenvalue weighted by atomic mass is 10.2. The second-order valence-electron chi connectivity index (χ2n) is 3.97. The molecule has 0 aliphatic rings. The van der Waals surface area contributed by atoms with E-state index in [1.807, 2.05) is 17.5 Å². The summed E-state index contributed by atoms with van der Waals surface area (Å²) in [6.45, 7) is 0. The third kappa shape index (κ3) is 2.96. The van der Waals surface area contributed by atoms with Crippen molar-refractivity contribution in [3.05, 3.63) is 52.9 Å². The van der Waals surface area contributed by atoms with Gasteiger partial charge in [0.2, 0.25) is 5.13 Å². The van der Waals surface area contributed by atoms with Crippen LogP contribution in [0.1, 0.15) is 10.4 Å².